The van der Waals surface area contributed by atoms with Gasteiger partial charge in [0.15, 0.2) is 0 Å². The first-order valence-electron chi connectivity index (χ1n) is 10.8. The molecule has 0 spiro atoms. The second-order valence-electron chi connectivity index (χ2n) is 7.98. The summed E-state index contributed by atoms with van der Waals surface area (Å²) in [7, 11) is 0. The molecular weight excluding hydrogens is 312 g/mol. The second-order valence-corrected chi connectivity index (χ2v) is 7.98. The van der Waals surface area contributed by atoms with E-state index in [1.807, 2.05) is 0 Å². The van der Waals surface area contributed by atoms with Crippen molar-refractivity contribution in [1.29, 1.82) is 0 Å². The quantitative estimate of drug-likeness (QED) is 0.337. The Hall–Kier alpha value is -1.56. The molecule has 26 heavy (non-hydrogen) atoms. The van der Waals surface area contributed by atoms with Crippen LogP contribution in [-0.4, -0.2) is 0 Å². The summed E-state index contributed by atoms with van der Waals surface area (Å²) in [6.45, 7) is 7.09. The highest BCUT2D eigenvalue weighted by Gasteiger charge is 2.15. The third kappa shape index (κ3) is 6.98. The van der Waals surface area contributed by atoms with Gasteiger partial charge in [-0.25, -0.2) is 0 Å². The smallest absolute Gasteiger partial charge is 0.0162 e. The van der Waals surface area contributed by atoms with Crippen molar-refractivity contribution in [3.63, 3.8) is 0 Å². The Bertz CT molecular complexity index is 572. The van der Waals surface area contributed by atoms with Crippen molar-refractivity contribution in [2.45, 2.75) is 84.0 Å². The fourth-order valence-electron chi connectivity index (χ4n) is 4.16. The summed E-state index contributed by atoms with van der Waals surface area (Å²) >= 11 is 0. The zero-order chi connectivity index (χ0) is 18.6. The molecule has 0 aliphatic rings. The highest BCUT2D eigenvalue weighted by Crippen LogP contribution is 2.31. The molecule has 0 saturated carbocycles. The van der Waals surface area contributed by atoms with Gasteiger partial charge in [-0.15, -0.1) is 0 Å². The van der Waals surface area contributed by atoms with Crippen molar-refractivity contribution in [1.82, 2.24) is 0 Å². The molecule has 3 unspecified atom stereocenters. The maximum atomic E-state index is 2.37. The third-order valence-electron chi connectivity index (χ3n) is 6.08. The van der Waals surface area contributed by atoms with E-state index in [4.69, 9.17) is 0 Å². The Morgan fingerprint density at radius 2 is 1.23 bits per heavy atom. The van der Waals surface area contributed by atoms with Crippen LogP contribution in [0.4, 0.5) is 0 Å². The molecule has 0 aromatic heterocycles. The van der Waals surface area contributed by atoms with Gasteiger partial charge in [-0.05, 0) is 48.1 Å². The maximum absolute atomic E-state index is 2.37. The molecule has 2 aromatic carbocycles. The van der Waals surface area contributed by atoms with Gasteiger partial charge in [0.25, 0.3) is 0 Å². The predicted octanol–water partition coefficient (Wildman–Crippen LogP) is 8.35. The molecule has 0 amide bonds. The summed E-state index contributed by atoms with van der Waals surface area (Å²) in [4.78, 5) is 0. The minimum absolute atomic E-state index is 0.695. The lowest BCUT2D eigenvalue weighted by molar-refractivity contribution is 0.374. The molecule has 0 bridgehead atoms. The van der Waals surface area contributed by atoms with E-state index in [2.05, 4.69) is 81.4 Å². The molecule has 0 aliphatic heterocycles. The average Bonchev–Trinajstić information content (AvgIpc) is 2.71. The molecule has 2 rings (SSSR count). The largest absolute Gasteiger partial charge is 0.0651 e. The highest BCUT2D eigenvalue weighted by molar-refractivity contribution is 5.19. The van der Waals surface area contributed by atoms with E-state index in [-0.39, 0.29) is 0 Å². The molecule has 0 saturated heterocycles. The fourth-order valence-corrected chi connectivity index (χ4v) is 4.16. The van der Waals surface area contributed by atoms with Crippen molar-refractivity contribution >= 4 is 0 Å². The molecule has 0 heterocycles. The molecule has 3 atom stereocenters. The Kier molecular flexibility index (Phi) is 9.53. The second kappa shape index (κ2) is 11.9. The standard InChI is InChI=1S/C26H38/c1-4-23(21-24(5-2)26-19-13-8-14-20-26)16-10-6-9-15-22(3)25-17-11-7-12-18-25/h7-8,11-14,17-20,22-24H,4-6,9-10,15-16,21H2,1-3H3. The van der Waals surface area contributed by atoms with Gasteiger partial charge in [0.1, 0.15) is 0 Å². The first-order valence-corrected chi connectivity index (χ1v) is 10.8. The zero-order valence-corrected chi connectivity index (χ0v) is 17.2. The molecule has 0 N–H and O–H groups in total. The number of unbranched alkanes of at least 4 members (excludes halogenated alkanes) is 2. The Balaban J connectivity index is 1.68. The number of rotatable bonds is 12. The van der Waals surface area contributed by atoms with Crippen LogP contribution in [0.2, 0.25) is 0 Å². The highest BCUT2D eigenvalue weighted by atomic mass is 14.2. The monoisotopic (exact) mass is 350 g/mol. The molecule has 0 heteroatoms. The normalized spacial score (nSPS) is 14.7. The minimum Gasteiger partial charge on any atom is -0.0651 e. The Morgan fingerprint density at radius 3 is 1.81 bits per heavy atom. The van der Waals surface area contributed by atoms with Gasteiger partial charge in [0.2, 0.25) is 0 Å². The van der Waals surface area contributed by atoms with E-state index in [0.717, 1.165) is 11.8 Å². The van der Waals surface area contributed by atoms with Crippen LogP contribution in [0.1, 0.15) is 95.1 Å². The summed E-state index contributed by atoms with van der Waals surface area (Å²) in [5.74, 6) is 2.31. The number of benzene rings is 2. The third-order valence-corrected chi connectivity index (χ3v) is 6.08. The molecule has 142 valence electrons. The van der Waals surface area contributed by atoms with Crippen LogP contribution < -0.4 is 0 Å². The van der Waals surface area contributed by atoms with Crippen LogP contribution in [0.25, 0.3) is 0 Å². The molecule has 0 radical (unpaired) electrons. The van der Waals surface area contributed by atoms with Crippen molar-refractivity contribution < 1.29 is 0 Å². The van der Waals surface area contributed by atoms with Crippen LogP contribution in [0.5, 0.6) is 0 Å². The summed E-state index contributed by atoms with van der Waals surface area (Å²) in [6, 6.07) is 22.1. The van der Waals surface area contributed by atoms with Gasteiger partial charge in [-0.1, -0.05) is 114 Å². The van der Waals surface area contributed by atoms with Gasteiger partial charge in [0.05, 0.1) is 0 Å². The van der Waals surface area contributed by atoms with Crippen LogP contribution >= 0.6 is 0 Å². The van der Waals surface area contributed by atoms with Crippen LogP contribution in [0.15, 0.2) is 60.7 Å². The predicted molar refractivity (Wildman–Crippen MR) is 116 cm³/mol. The molecule has 0 aliphatic carbocycles. The minimum atomic E-state index is 0.695. The van der Waals surface area contributed by atoms with Gasteiger partial charge in [-0.3, -0.25) is 0 Å². The maximum Gasteiger partial charge on any atom is -0.0162 e. The van der Waals surface area contributed by atoms with E-state index in [0.29, 0.717) is 5.92 Å². The van der Waals surface area contributed by atoms with E-state index in [9.17, 15) is 0 Å². The first kappa shape index (κ1) is 20.7. The fraction of sp³-hybridized carbons (Fsp3) is 0.538. The lowest BCUT2D eigenvalue weighted by Gasteiger charge is -2.22. The molecule has 2 aromatic rings. The van der Waals surface area contributed by atoms with Crippen LogP contribution in [-0.2, 0) is 0 Å². The SMILES string of the molecule is CCC(CCCCCC(C)c1ccccc1)CC(CC)c1ccccc1. The number of hydrogen-bond donors (Lipinski definition) is 0. The van der Waals surface area contributed by atoms with E-state index in [1.165, 1.54) is 62.5 Å². The van der Waals surface area contributed by atoms with Gasteiger partial charge < -0.3 is 0 Å². The van der Waals surface area contributed by atoms with Crippen LogP contribution in [0.3, 0.4) is 0 Å². The van der Waals surface area contributed by atoms with Crippen molar-refractivity contribution in [3.8, 4) is 0 Å². The van der Waals surface area contributed by atoms with E-state index < -0.39 is 0 Å². The van der Waals surface area contributed by atoms with Crippen molar-refractivity contribution in [3.05, 3.63) is 71.8 Å². The lowest BCUT2D eigenvalue weighted by atomic mass is 9.83. The van der Waals surface area contributed by atoms with E-state index in [1.54, 1.807) is 0 Å². The van der Waals surface area contributed by atoms with Crippen LogP contribution in [0, 0.1) is 5.92 Å². The number of hydrogen-bond acceptors (Lipinski definition) is 0. The topological polar surface area (TPSA) is 0 Å². The Labute approximate surface area is 162 Å². The Morgan fingerprint density at radius 1 is 0.654 bits per heavy atom. The average molecular weight is 351 g/mol. The molecule has 0 nitrogen and oxygen atoms in total. The van der Waals surface area contributed by atoms with E-state index >= 15 is 0 Å². The van der Waals surface area contributed by atoms with Gasteiger partial charge >= 0.3 is 0 Å². The molecular formula is C26H38. The first-order chi connectivity index (χ1) is 12.7. The molecule has 0 fully saturated rings. The lowest BCUT2D eigenvalue weighted by Crippen LogP contribution is -2.07. The van der Waals surface area contributed by atoms with Crippen molar-refractivity contribution in [2.24, 2.45) is 5.92 Å². The summed E-state index contributed by atoms with van der Waals surface area (Å²) in [6.07, 6.45) is 10.8. The van der Waals surface area contributed by atoms with Gasteiger partial charge in [-0.2, -0.15) is 0 Å². The zero-order valence-electron chi connectivity index (χ0n) is 17.2. The summed E-state index contributed by atoms with van der Waals surface area (Å²) < 4.78 is 0. The van der Waals surface area contributed by atoms with Gasteiger partial charge in [0, 0.05) is 0 Å². The summed E-state index contributed by atoms with van der Waals surface area (Å²) in [5, 5.41) is 0. The van der Waals surface area contributed by atoms with Crippen molar-refractivity contribution in [2.75, 3.05) is 0 Å². The summed E-state index contributed by atoms with van der Waals surface area (Å²) in [5.41, 5.74) is 3.03.